The minimum atomic E-state index is -0.238. The maximum atomic E-state index is 12.8. The normalized spacial score (nSPS) is 23.0. The zero-order valence-electron chi connectivity index (χ0n) is 12.5. The molecule has 1 aliphatic rings. The molecule has 2 atom stereocenters. The van der Waals surface area contributed by atoms with Crippen LogP contribution in [-0.4, -0.2) is 43.0 Å². The molecule has 21 heavy (non-hydrogen) atoms. The smallest absolute Gasteiger partial charge is 0.234 e. The summed E-state index contributed by atoms with van der Waals surface area (Å²) < 4.78 is 12.8. The number of halogens is 1. The summed E-state index contributed by atoms with van der Waals surface area (Å²) in [5, 5.41) is 2.91. The molecule has 0 radical (unpaired) electrons. The minimum Gasteiger partial charge on any atom is -0.355 e. The second-order valence-corrected chi connectivity index (χ2v) is 6.02. The highest BCUT2D eigenvalue weighted by atomic mass is 19.1. The molecular weight excluding hydrogens is 269 g/mol. The van der Waals surface area contributed by atoms with E-state index in [-0.39, 0.29) is 17.8 Å². The van der Waals surface area contributed by atoms with Gasteiger partial charge in [0.05, 0.1) is 6.54 Å². The molecule has 5 heteroatoms. The number of nitrogens with one attached hydrogen (secondary N) is 1. The third-order valence-electron chi connectivity index (χ3n) is 3.78. The van der Waals surface area contributed by atoms with Crippen LogP contribution in [0.1, 0.15) is 18.9 Å². The SMILES string of the molecule is CC1CC(N)CN(CC(=O)NCCc2ccc(F)cc2)C1. The first-order valence-electron chi connectivity index (χ1n) is 7.52. The summed E-state index contributed by atoms with van der Waals surface area (Å²) in [5.41, 5.74) is 6.99. The van der Waals surface area contributed by atoms with Gasteiger partial charge in [-0.25, -0.2) is 4.39 Å². The molecule has 1 heterocycles. The average molecular weight is 293 g/mol. The average Bonchev–Trinajstić information content (AvgIpc) is 2.39. The number of rotatable bonds is 5. The van der Waals surface area contributed by atoms with Crippen molar-refractivity contribution in [3.05, 3.63) is 35.6 Å². The van der Waals surface area contributed by atoms with E-state index in [0.29, 0.717) is 25.4 Å². The number of nitrogens with zero attached hydrogens (tertiary/aromatic N) is 1. The lowest BCUT2D eigenvalue weighted by molar-refractivity contribution is -0.122. The van der Waals surface area contributed by atoms with Gasteiger partial charge in [-0.15, -0.1) is 0 Å². The van der Waals surface area contributed by atoms with Crippen LogP contribution in [0.5, 0.6) is 0 Å². The molecule has 1 aromatic carbocycles. The van der Waals surface area contributed by atoms with Crippen molar-refractivity contribution in [2.75, 3.05) is 26.2 Å². The molecule has 1 amide bonds. The van der Waals surface area contributed by atoms with E-state index in [4.69, 9.17) is 5.73 Å². The van der Waals surface area contributed by atoms with Crippen LogP contribution >= 0.6 is 0 Å². The first-order chi connectivity index (χ1) is 10.0. The second-order valence-electron chi connectivity index (χ2n) is 6.02. The summed E-state index contributed by atoms with van der Waals surface area (Å²) in [6.07, 6.45) is 1.74. The maximum Gasteiger partial charge on any atom is 0.234 e. The fourth-order valence-electron chi connectivity index (χ4n) is 2.90. The van der Waals surface area contributed by atoms with Gasteiger partial charge in [-0.3, -0.25) is 9.69 Å². The Morgan fingerprint density at radius 2 is 2.10 bits per heavy atom. The Bertz CT molecular complexity index is 453. The van der Waals surface area contributed by atoms with Gasteiger partial charge in [0, 0.05) is 25.7 Å². The van der Waals surface area contributed by atoms with Crippen molar-refractivity contribution in [1.82, 2.24) is 10.2 Å². The summed E-state index contributed by atoms with van der Waals surface area (Å²) in [6.45, 7) is 4.86. The van der Waals surface area contributed by atoms with Crippen LogP contribution in [0, 0.1) is 11.7 Å². The van der Waals surface area contributed by atoms with Gasteiger partial charge in [0.15, 0.2) is 0 Å². The first-order valence-corrected chi connectivity index (χ1v) is 7.52. The molecule has 0 bridgehead atoms. The number of carbonyl (C=O) groups excluding carboxylic acids is 1. The van der Waals surface area contributed by atoms with Gasteiger partial charge in [0.25, 0.3) is 0 Å². The zero-order valence-corrected chi connectivity index (χ0v) is 12.5. The molecule has 1 fully saturated rings. The molecule has 2 rings (SSSR count). The Labute approximate surface area is 125 Å². The lowest BCUT2D eigenvalue weighted by Gasteiger charge is -2.34. The minimum absolute atomic E-state index is 0.0263. The van der Waals surface area contributed by atoms with E-state index in [9.17, 15) is 9.18 Å². The van der Waals surface area contributed by atoms with Crippen molar-refractivity contribution in [2.45, 2.75) is 25.8 Å². The largest absolute Gasteiger partial charge is 0.355 e. The van der Waals surface area contributed by atoms with E-state index >= 15 is 0 Å². The van der Waals surface area contributed by atoms with Crippen LogP contribution < -0.4 is 11.1 Å². The van der Waals surface area contributed by atoms with E-state index in [1.807, 2.05) is 0 Å². The van der Waals surface area contributed by atoms with Crippen LogP contribution in [0.4, 0.5) is 4.39 Å². The van der Waals surface area contributed by atoms with Gasteiger partial charge in [-0.1, -0.05) is 19.1 Å². The van der Waals surface area contributed by atoms with Gasteiger partial charge in [-0.05, 0) is 36.5 Å². The number of amides is 1. The van der Waals surface area contributed by atoms with Gasteiger partial charge >= 0.3 is 0 Å². The molecule has 2 unspecified atom stereocenters. The zero-order chi connectivity index (χ0) is 15.2. The van der Waals surface area contributed by atoms with Gasteiger partial charge in [-0.2, -0.15) is 0 Å². The van der Waals surface area contributed by atoms with Crippen LogP contribution in [-0.2, 0) is 11.2 Å². The standard InChI is InChI=1S/C16H24FN3O/c1-12-8-15(18)10-20(9-12)11-16(21)19-7-6-13-2-4-14(17)5-3-13/h2-5,12,15H,6-11,18H2,1H3,(H,19,21). The molecule has 1 aliphatic heterocycles. The molecule has 4 nitrogen and oxygen atoms in total. The van der Waals surface area contributed by atoms with Gasteiger partial charge < -0.3 is 11.1 Å². The third kappa shape index (κ3) is 5.44. The van der Waals surface area contributed by atoms with Crippen LogP contribution in [0.2, 0.25) is 0 Å². The number of carbonyl (C=O) groups is 1. The number of piperidine rings is 1. The van der Waals surface area contributed by atoms with E-state index in [0.717, 1.165) is 25.1 Å². The maximum absolute atomic E-state index is 12.8. The Morgan fingerprint density at radius 3 is 2.76 bits per heavy atom. The third-order valence-corrected chi connectivity index (χ3v) is 3.78. The lowest BCUT2D eigenvalue weighted by Crippen LogP contribution is -2.49. The fraction of sp³-hybridized carbons (Fsp3) is 0.562. The van der Waals surface area contributed by atoms with Crippen LogP contribution in [0.25, 0.3) is 0 Å². The van der Waals surface area contributed by atoms with Crippen LogP contribution in [0.3, 0.4) is 0 Å². The van der Waals surface area contributed by atoms with Crippen molar-refractivity contribution in [3.8, 4) is 0 Å². The Balaban J connectivity index is 1.68. The van der Waals surface area contributed by atoms with E-state index < -0.39 is 0 Å². The number of hydrogen-bond donors (Lipinski definition) is 2. The van der Waals surface area contributed by atoms with E-state index in [1.165, 1.54) is 12.1 Å². The number of hydrogen-bond acceptors (Lipinski definition) is 3. The molecular formula is C16H24FN3O. The Hall–Kier alpha value is -1.46. The van der Waals surface area contributed by atoms with Crippen LogP contribution in [0.15, 0.2) is 24.3 Å². The van der Waals surface area contributed by atoms with Gasteiger partial charge in [0.2, 0.25) is 5.91 Å². The molecule has 0 saturated carbocycles. The number of likely N-dealkylation sites (tertiary alicyclic amines) is 1. The number of nitrogens with two attached hydrogens (primary N) is 1. The second kappa shape index (κ2) is 7.52. The summed E-state index contributed by atoms with van der Waals surface area (Å²) >= 11 is 0. The van der Waals surface area contributed by atoms with Gasteiger partial charge in [0.1, 0.15) is 5.82 Å². The van der Waals surface area contributed by atoms with Crippen molar-refractivity contribution in [2.24, 2.45) is 11.7 Å². The summed E-state index contributed by atoms with van der Waals surface area (Å²) in [5.74, 6) is 0.331. The molecule has 0 spiro atoms. The van der Waals surface area contributed by atoms with E-state index in [1.54, 1.807) is 12.1 Å². The Kier molecular flexibility index (Phi) is 5.70. The lowest BCUT2D eigenvalue weighted by atomic mass is 9.97. The molecule has 3 N–H and O–H groups in total. The predicted molar refractivity (Wildman–Crippen MR) is 81.3 cm³/mol. The molecule has 0 aliphatic carbocycles. The summed E-state index contributed by atoms with van der Waals surface area (Å²) in [6, 6.07) is 6.53. The monoisotopic (exact) mass is 293 g/mol. The highest BCUT2D eigenvalue weighted by molar-refractivity contribution is 5.78. The van der Waals surface area contributed by atoms with Crippen molar-refractivity contribution in [1.29, 1.82) is 0 Å². The van der Waals surface area contributed by atoms with E-state index in [2.05, 4.69) is 17.1 Å². The highest BCUT2D eigenvalue weighted by Gasteiger charge is 2.23. The topological polar surface area (TPSA) is 58.4 Å². The van der Waals surface area contributed by atoms with Crippen molar-refractivity contribution in [3.63, 3.8) is 0 Å². The quantitative estimate of drug-likeness (QED) is 0.856. The summed E-state index contributed by atoms with van der Waals surface area (Å²) in [7, 11) is 0. The molecule has 1 aromatic rings. The molecule has 1 saturated heterocycles. The predicted octanol–water partition coefficient (Wildman–Crippen LogP) is 1.15. The number of benzene rings is 1. The molecule has 0 aromatic heterocycles. The van der Waals surface area contributed by atoms with Crippen molar-refractivity contribution >= 4 is 5.91 Å². The van der Waals surface area contributed by atoms with Crippen molar-refractivity contribution < 1.29 is 9.18 Å². The molecule has 116 valence electrons. The highest BCUT2D eigenvalue weighted by Crippen LogP contribution is 2.14. The first kappa shape index (κ1) is 15.9. The fourth-order valence-corrected chi connectivity index (χ4v) is 2.90. The Morgan fingerprint density at radius 1 is 1.38 bits per heavy atom. The summed E-state index contributed by atoms with van der Waals surface area (Å²) in [4.78, 5) is 14.0.